The molecule has 0 spiro atoms. The van der Waals surface area contributed by atoms with Gasteiger partial charge >= 0.3 is 6.18 Å². The molecule has 12 heteroatoms. The van der Waals surface area contributed by atoms with Crippen LogP contribution in [0.25, 0.3) is 0 Å². The molecule has 0 saturated carbocycles. The second kappa shape index (κ2) is 7.02. The van der Waals surface area contributed by atoms with Crippen molar-refractivity contribution >= 4 is 28.2 Å². The molecule has 1 aliphatic rings. The van der Waals surface area contributed by atoms with Crippen LogP contribution in [0.15, 0.2) is 12.1 Å². The fraction of sp³-hybridized carbons (Fsp3) is 0.500. The Morgan fingerprint density at radius 3 is 2.19 bits per heavy atom. The SMILES string of the molecule is CN(C)C(=O)c1ccc(N2CCN(c3nnc(C(F)(F)F)s3)CC2)nn1. The van der Waals surface area contributed by atoms with Gasteiger partial charge in [0.1, 0.15) is 0 Å². The Morgan fingerprint density at radius 1 is 1.04 bits per heavy atom. The highest BCUT2D eigenvalue weighted by atomic mass is 32.1. The topological polar surface area (TPSA) is 78.4 Å². The molecular formula is C14H16F3N7OS. The third kappa shape index (κ3) is 3.84. The van der Waals surface area contributed by atoms with Crippen LogP contribution >= 0.6 is 11.3 Å². The van der Waals surface area contributed by atoms with Gasteiger partial charge in [-0.1, -0.05) is 11.3 Å². The van der Waals surface area contributed by atoms with Crippen LogP contribution in [0, 0.1) is 0 Å². The van der Waals surface area contributed by atoms with Crippen molar-refractivity contribution in [2.75, 3.05) is 50.1 Å². The lowest BCUT2D eigenvalue weighted by molar-refractivity contribution is -0.138. The van der Waals surface area contributed by atoms with E-state index in [1.807, 2.05) is 4.90 Å². The summed E-state index contributed by atoms with van der Waals surface area (Å²) in [4.78, 5) is 17.0. The lowest BCUT2D eigenvalue weighted by Gasteiger charge is -2.34. The minimum absolute atomic E-state index is 0.231. The molecule has 140 valence electrons. The Kier molecular flexibility index (Phi) is 4.94. The number of amides is 1. The van der Waals surface area contributed by atoms with E-state index in [-0.39, 0.29) is 16.7 Å². The number of aromatic nitrogens is 4. The van der Waals surface area contributed by atoms with E-state index in [2.05, 4.69) is 20.4 Å². The summed E-state index contributed by atoms with van der Waals surface area (Å²) >= 11 is 0.541. The number of nitrogens with zero attached hydrogens (tertiary/aromatic N) is 7. The largest absolute Gasteiger partial charge is 0.445 e. The van der Waals surface area contributed by atoms with Crippen LogP contribution in [0.5, 0.6) is 0 Å². The Labute approximate surface area is 151 Å². The molecule has 8 nitrogen and oxygen atoms in total. The number of carbonyl (C=O) groups excluding carboxylic acids is 1. The maximum Gasteiger partial charge on any atom is 0.445 e. The van der Waals surface area contributed by atoms with E-state index < -0.39 is 11.2 Å². The van der Waals surface area contributed by atoms with Gasteiger partial charge < -0.3 is 14.7 Å². The molecule has 0 aromatic carbocycles. The number of anilines is 2. The monoisotopic (exact) mass is 387 g/mol. The van der Waals surface area contributed by atoms with Crippen molar-refractivity contribution in [2.24, 2.45) is 0 Å². The molecule has 1 fully saturated rings. The zero-order chi connectivity index (χ0) is 18.9. The molecule has 3 heterocycles. The Bertz CT molecular complexity index is 770. The third-order valence-corrected chi connectivity index (χ3v) is 4.84. The van der Waals surface area contributed by atoms with Gasteiger partial charge in [-0.2, -0.15) is 13.2 Å². The zero-order valence-corrected chi connectivity index (χ0v) is 14.9. The number of piperazine rings is 1. The van der Waals surface area contributed by atoms with Crippen LogP contribution in [-0.4, -0.2) is 71.5 Å². The maximum atomic E-state index is 12.6. The summed E-state index contributed by atoms with van der Waals surface area (Å²) in [7, 11) is 3.27. The minimum Gasteiger partial charge on any atom is -0.352 e. The molecule has 2 aromatic rings. The molecule has 0 N–H and O–H groups in total. The number of rotatable bonds is 3. The summed E-state index contributed by atoms with van der Waals surface area (Å²) in [5, 5.41) is 14.2. The average molecular weight is 387 g/mol. The number of hydrogen-bond acceptors (Lipinski definition) is 8. The molecule has 1 aliphatic heterocycles. The average Bonchev–Trinajstić information content (AvgIpc) is 3.12. The quantitative estimate of drug-likeness (QED) is 0.787. The van der Waals surface area contributed by atoms with Gasteiger partial charge in [0.05, 0.1) is 0 Å². The first-order chi connectivity index (χ1) is 12.3. The van der Waals surface area contributed by atoms with Crippen molar-refractivity contribution in [3.05, 3.63) is 22.8 Å². The van der Waals surface area contributed by atoms with Gasteiger partial charge in [-0.15, -0.1) is 20.4 Å². The highest BCUT2D eigenvalue weighted by Gasteiger charge is 2.36. The summed E-state index contributed by atoms with van der Waals surface area (Å²) in [6.07, 6.45) is -4.47. The van der Waals surface area contributed by atoms with Gasteiger partial charge in [-0.05, 0) is 12.1 Å². The van der Waals surface area contributed by atoms with Gasteiger partial charge in [0.2, 0.25) is 10.1 Å². The van der Waals surface area contributed by atoms with E-state index in [0.717, 1.165) is 0 Å². The molecule has 0 unspecified atom stereocenters. The summed E-state index contributed by atoms with van der Waals surface area (Å²) in [5.74, 6) is 0.388. The Morgan fingerprint density at radius 2 is 1.69 bits per heavy atom. The van der Waals surface area contributed by atoms with Crippen molar-refractivity contribution in [3.63, 3.8) is 0 Å². The van der Waals surface area contributed by atoms with E-state index in [9.17, 15) is 18.0 Å². The van der Waals surface area contributed by atoms with Gasteiger partial charge in [0.15, 0.2) is 11.5 Å². The van der Waals surface area contributed by atoms with Gasteiger partial charge in [-0.3, -0.25) is 4.79 Å². The summed E-state index contributed by atoms with van der Waals surface area (Å²) in [5.41, 5.74) is 0.255. The van der Waals surface area contributed by atoms with Gasteiger partial charge in [0, 0.05) is 40.3 Å². The lowest BCUT2D eigenvalue weighted by atomic mass is 10.3. The van der Waals surface area contributed by atoms with Crippen molar-refractivity contribution in [1.29, 1.82) is 0 Å². The number of carbonyl (C=O) groups is 1. The maximum absolute atomic E-state index is 12.6. The highest BCUT2D eigenvalue weighted by Crippen LogP contribution is 2.34. The van der Waals surface area contributed by atoms with Gasteiger partial charge in [-0.25, -0.2) is 0 Å². The fourth-order valence-electron chi connectivity index (χ4n) is 2.42. The number of halogens is 3. The van der Waals surface area contributed by atoms with Crippen molar-refractivity contribution in [1.82, 2.24) is 25.3 Å². The molecule has 1 saturated heterocycles. The van der Waals surface area contributed by atoms with Crippen molar-refractivity contribution < 1.29 is 18.0 Å². The van der Waals surface area contributed by atoms with E-state index in [1.165, 1.54) is 4.90 Å². The minimum atomic E-state index is -4.47. The number of hydrogen-bond donors (Lipinski definition) is 0. The Balaban J connectivity index is 1.62. The van der Waals surface area contributed by atoms with E-state index in [0.29, 0.717) is 43.3 Å². The van der Waals surface area contributed by atoms with E-state index in [4.69, 9.17) is 0 Å². The number of alkyl halides is 3. The summed E-state index contributed by atoms with van der Waals surface area (Å²) in [6.45, 7) is 2.09. The standard InChI is InChI=1S/C14H16F3N7OS/c1-22(2)11(25)9-3-4-10(19-18-9)23-5-7-24(8-6-23)13-21-20-12(26-13)14(15,16)17/h3-4H,5-8H2,1-2H3. The molecule has 2 aromatic heterocycles. The van der Waals surface area contributed by atoms with Crippen LogP contribution in [-0.2, 0) is 6.18 Å². The lowest BCUT2D eigenvalue weighted by Crippen LogP contribution is -2.47. The first kappa shape index (κ1) is 18.3. The van der Waals surface area contributed by atoms with Gasteiger partial charge in [0.25, 0.3) is 5.91 Å². The molecule has 26 heavy (non-hydrogen) atoms. The van der Waals surface area contributed by atoms with Crippen LogP contribution in [0.4, 0.5) is 24.1 Å². The Hall–Kier alpha value is -2.50. The third-order valence-electron chi connectivity index (χ3n) is 3.81. The van der Waals surface area contributed by atoms with Crippen molar-refractivity contribution in [2.45, 2.75) is 6.18 Å². The molecule has 0 radical (unpaired) electrons. The van der Waals surface area contributed by atoms with Crippen LogP contribution in [0.1, 0.15) is 15.5 Å². The van der Waals surface area contributed by atoms with Crippen LogP contribution in [0.2, 0.25) is 0 Å². The normalized spacial score (nSPS) is 15.3. The molecule has 0 atom stereocenters. The van der Waals surface area contributed by atoms with E-state index in [1.54, 1.807) is 31.1 Å². The summed E-state index contributed by atoms with van der Waals surface area (Å²) < 4.78 is 37.9. The highest BCUT2D eigenvalue weighted by molar-refractivity contribution is 7.15. The smallest absolute Gasteiger partial charge is 0.352 e. The second-order valence-corrected chi connectivity index (χ2v) is 6.79. The first-order valence-corrected chi connectivity index (χ1v) is 8.53. The van der Waals surface area contributed by atoms with E-state index >= 15 is 0 Å². The second-order valence-electron chi connectivity index (χ2n) is 5.84. The predicted octanol–water partition coefficient (Wildman–Crippen LogP) is 1.38. The molecular weight excluding hydrogens is 371 g/mol. The molecule has 0 aliphatic carbocycles. The van der Waals surface area contributed by atoms with Crippen LogP contribution < -0.4 is 9.80 Å². The molecule has 1 amide bonds. The van der Waals surface area contributed by atoms with Crippen LogP contribution in [0.3, 0.4) is 0 Å². The van der Waals surface area contributed by atoms with Crippen molar-refractivity contribution in [3.8, 4) is 0 Å². The molecule has 0 bridgehead atoms. The first-order valence-electron chi connectivity index (χ1n) is 7.71. The predicted molar refractivity (Wildman–Crippen MR) is 89.4 cm³/mol. The summed E-state index contributed by atoms with van der Waals surface area (Å²) in [6, 6.07) is 3.32. The molecule has 3 rings (SSSR count). The fourth-order valence-corrected chi connectivity index (χ4v) is 3.19. The zero-order valence-electron chi connectivity index (χ0n) is 14.1.